The molecule has 0 spiro atoms. The van der Waals surface area contributed by atoms with Crippen molar-refractivity contribution in [2.45, 2.75) is 26.1 Å². The summed E-state index contributed by atoms with van der Waals surface area (Å²) >= 11 is 3.62. The highest BCUT2D eigenvalue weighted by molar-refractivity contribution is 9.10. The summed E-state index contributed by atoms with van der Waals surface area (Å²) in [6, 6.07) is 18.6. The lowest BCUT2D eigenvalue weighted by atomic mass is 10.1. The van der Waals surface area contributed by atoms with Crippen molar-refractivity contribution in [1.29, 1.82) is 0 Å². The van der Waals surface area contributed by atoms with Gasteiger partial charge in [0.25, 0.3) is 0 Å². The van der Waals surface area contributed by atoms with Crippen LogP contribution in [0.4, 0.5) is 0 Å². The van der Waals surface area contributed by atoms with Gasteiger partial charge < -0.3 is 14.8 Å². The third-order valence-electron chi connectivity index (χ3n) is 4.31. The Kier molecular flexibility index (Phi) is 6.85. The Morgan fingerprint density at radius 3 is 2.59 bits per heavy atom. The molecule has 3 aromatic rings. The molecule has 1 N–H and O–H groups in total. The molecule has 1 atom stereocenters. The first kappa shape index (κ1) is 19.4. The molecule has 1 heterocycles. The Labute approximate surface area is 168 Å². The summed E-state index contributed by atoms with van der Waals surface area (Å²) in [6.45, 7) is 3.33. The molecule has 0 aliphatic rings. The predicted octanol–water partition coefficient (Wildman–Crippen LogP) is 5.28. The molecule has 0 aliphatic heterocycles. The predicted molar refractivity (Wildman–Crippen MR) is 111 cm³/mol. The zero-order valence-electron chi connectivity index (χ0n) is 15.5. The first-order valence-electron chi connectivity index (χ1n) is 8.84. The fourth-order valence-electron chi connectivity index (χ4n) is 2.78. The molecule has 0 amide bonds. The molecule has 3 rings (SSSR count). The van der Waals surface area contributed by atoms with Crippen molar-refractivity contribution in [2.24, 2.45) is 0 Å². The van der Waals surface area contributed by atoms with E-state index in [0.29, 0.717) is 18.1 Å². The first-order chi connectivity index (χ1) is 13.2. The van der Waals surface area contributed by atoms with E-state index >= 15 is 0 Å². The lowest BCUT2D eigenvalue weighted by molar-refractivity contribution is 0.282. The van der Waals surface area contributed by atoms with Crippen molar-refractivity contribution in [3.8, 4) is 11.5 Å². The van der Waals surface area contributed by atoms with Gasteiger partial charge in [0.05, 0.1) is 11.6 Å². The van der Waals surface area contributed by atoms with Crippen molar-refractivity contribution in [3.63, 3.8) is 0 Å². The minimum Gasteiger partial charge on any atom is -0.493 e. The molecule has 0 radical (unpaired) electrons. The second-order valence-electron chi connectivity index (χ2n) is 6.27. The van der Waals surface area contributed by atoms with E-state index in [4.69, 9.17) is 9.47 Å². The van der Waals surface area contributed by atoms with Gasteiger partial charge in [-0.2, -0.15) is 0 Å². The fraction of sp³-hybridized carbons (Fsp3) is 0.227. The van der Waals surface area contributed by atoms with E-state index in [1.807, 2.05) is 24.3 Å². The van der Waals surface area contributed by atoms with Crippen LogP contribution in [-0.2, 0) is 13.2 Å². The Balaban J connectivity index is 1.68. The summed E-state index contributed by atoms with van der Waals surface area (Å²) in [5, 5.41) is 3.55. The summed E-state index contributed by atoms with van der Waals surface area (Å²) in [5.41, 5.74) is 3.39. The topological polar surface area (TPSA) is 43.4 Å². The molecule has 140 valence electrons. The number of aromatic nitrogens is 1. The maximum Gasteiger partial charge on any atom is 0.175 e. The van der Waals surface area contributed by atoms with Gasteiger partial charge in [-0.3, -0.25) is 4.98 Å². The molecule has 1 aromatic heterocycles. The van der Waals surface area contributed by atoms with Gasteiger partial charge in [-0.25, -0.2) is 0 Å². The highest BCUT2D eigenvalue weighted by atomic mass is 79.9. The number of ether oxygens (including phenoxy) is 2. The van der Waals surface area contributed by atoms with Crippen molar-refractivity contribution in [3.05, 3.63) is 88.2 Å². The zero-order valence-corrected chi connectivity index (χ0v) is 17.1. The standard InChI is InChI=1S/C22H23BrN2O2/c1-16(19-8-4-3-5-9-19)25-14-18-11-20(23)22(21(12-18)26-2)27-15-17-7-6-10-24-13-17/h3-13,16,25H,14-15H2,1-2H3/t16-/m0/s1. The normalized spacial score (nSPS) is 11.8. The number of rotatable bonds is 8. The van der Waals surface area contributed by atoms with E-state index in [-0.39, 0.29) is 6.04 Å². The second kappa shape index (κ2) is 9.53. The largest absolute Gasteiger partial charge is 0.493 e. The van der Waals surface area contributed by atoms with Crippen LogP contribution in [0.1, 0.15) is 29.7 Å². The van der Waals surface area contributed by atoms with E-state index in [9.17, 15) is 0 Å². The number of benzene rings is 2. The van der Waals surface area contributed by atoms with E-state index in [2.05, 4.69) is 63.5 Å². The van der Waals surface area contributed by atoms with Crippen LogP contribution in [0.15, 0.2) is 71.5 Å². The molecular weight excluding hydrogens is 404 g/mol. The van der Waals surface area contributed by atoms with Gasteiger partial charge in [-0.15, -0.1) is 0 Å². The number of methoxy groups -OCH3 is 1. The molecule has 0 fully saturated rings. The third-order valence-corrected chi connectivity index (χ3v) is 4.90. The Hall–Kier alpha value is -2.37. The molecule has 0 saturated carbocycles. The van der Waals surface area contributed by atoms with E-state index in [0.717, 1.165) is 22.1 Å². The van der Waals surface area contributed by atoms with Crippen molar-refractivity contribution in [1.82, 2.24) is 10.3 Å². The summed E-state index contributed by atoms with van der Waals surface area (Å²) < 4.78 is 12.4. The average molecular weight is 427 g/mol. The van der Waals surface area contributed by atoms with Crippen LogP contribution >= 0.6 is 15.9 Å². The lowest BCUT2D eigenvalue weighted by Gasteiger charge is -2.17. The number of hydrogen-bond acceptors (Lipinski definition) is 4. The number of pyridine rings is 1. The molecule has 0 saturated heterocycles. The van der Waals surface area contributed by atoms with Crippen LogP contribution in [-0.4, -0.2) is 12.1 Å². The summed E-state index contributed by atoms with van der Waals surface area (Å²) in [6.07, 6.45) is 3.54. The van der Waals surface area contributed by atoms with Gasteiger partial charge in [0.2, 0.25) is 0 Å². The highest BCUT2D eigenvalue weighted by Gasteiger charge is 2.13. The van der Waals surface area contributed by atoms with Gasteiger partial charge >= 0.3 is 0 Å². The molecule has 4 nitrogen and oxygen atoms in total. The van der Waals surface area contributed by atoms with Crippen LogP contribution in [0.3, 0.4) is 0 Å². The molecule has 0 unspecified atom stereocenters. The van der Waals surface area contributed by atoms with Crippen LogP contribution in [0, 0.1) is 0 Å². The van der Waals surface area contributed by atoms with Gasteiger partial charge in [0, 0.05) is 30.5 Å². The maximum atomic E-state index is 5.96. The van der Waals surface area contributed by atoms with Crippen LogP contribution in [0.5, 0.6) is 11.5 Å². The van der Waals surface area contributed by atoms with Gasteiger partial charge in [-0.05, 0) is 52.2 Å². The Morgan fingerprint density at radius 1 is 1.07 bits per heavy atom. The van der Waals surface area contributed by atoms with E-state index in [1.54, 1.807) is 19.5 Å². The van der Waals surface area contributed by atoms with Crippen LogP contribution in [0.25, 0.3) is 0 Å². The molecule has 0 bridgehead atoms. The summed E-state index contributed by atoms with van der Waals surface area (Å²) in [5.74, 6) is 1.40. The maximum absolute atomic E-state index is 5.96. The van der Waals surface area contributed by atoms with Crippen LogP contribution < -0.4 is 14.8 Å². The lowest BCUT2D eigenvalue weighted by Crippen LogP contribution is -2.18. The van der Waals surface area contributed by atoms with Crippen molar-refractivity contribution >= 4 is 15.9 Å². The number of nitrogens with one attached hydrogen (secondary N) is 1. The van der Waals surface area contributed by atoms with Crippen LogP contribution in [0.2, 0.25) is 0 Å². The fourth-order valence-corrected chi connectivity index (χ4v) is 3.39. The molecule has 5 heteroatoms. The minimum absolute atomic E-state index is 0.262. The smallest absolute Gasteiger partial charge is 0.175 e. The number of hydrogen-bond donors (Lipinski definition) is 1. The molecule has 2 aromatic carbocycles. The number of halogens is 1. The van der Waals surface area contributed by atoms with Crippen molar-refractivity contribution < 1.29 is 9.47 Å². The number of nitrogens with zero attached hydrogens (tertiary/aromatic N) is 1. The molecular formula is C22H23BrN2O2. The molecule has 0 aliphatic carbocycles. The Bertz CT molecular complexity index is 857. The summed E-state index contributed by atoms with van der Waals surface area (Å²) in [7, 11) is 1.66. The van der Waals surface area contributed by atoms with Gasteiger partial charge in [0.1, 0.15) is 6.61 Å². The van der Waals surface area contributed by atoms with E-state index in [1.165, 1.54) is 5.56 Å². The first-order valence-corrected chi connectivity index (χ1v) is 9.63. The van der Waals surface area contributed by atoms with E-state index < -0.39 is 0 Å². The second-order valence-corrected chi connectivity index (χ2v) is 7.13. The minimum atomic E-state index is 0.262. The molecule has 27 heavy (non-hydrogen) atoms. The highest BCUT2D eigenvalue weighted by Crippen LogP contribution is 2.37. The SMILES string of the molecule is COc1cc(CN[C@@H](C)c2ccccc2)cc(Br)c1OCc1cccnc1. The zero-order chi connectivity index (χ0) is 19.1. The monoisotopic (exact) mass is 426 g/mol. The van der Waals surface area contributed by atoms with Crippen molar-refractivity contribution in [2.75, 3.05) is 7.11 Å². The quantitative estimate of drug-likeness (QED) is 0.531. The third kappa shape index (κ3) is 5.31. The van der Waals surface area contributed by atoms with Gasteiger partial charge in [0.15, 0.2) is 11.5 Å². The van der Waals surface area contributed by atoms with Gasteiger partial charge in [-0.1, -0.05) is 36.4 Å². The Morgan fingerprint density at radius 2 is 1.89 bits per heavy atom. The summed E-state index contributed by atoms with van der Waals surface area (Å²) in [4.78, 5) is 4.11. The average Bonchev–Trinajstić information content (AvgIpc) is 2.72.